The molecule has 0 radical (unpaired) electrons. The summed E-state index contributed by atoms with van der Waals surface area (Å²) in [7, 11) is 3.51. The zero-order valence-corrected chi connectivity index (χ0v) is 28.8. The Morgan fingerprint density at radius 3 is 2.41 bits per heavy atom. The molecule has 1 unspecified atom stereocenters. The normalized spacial score (nSPS) is 21.7. The lowest BCUT2D eigenvalue weighted by molar-refractivity contribution is -0.149. The Morgan fingerprint density at radius 2 is 1.85 bits per heavy atom. The standard InChI is InChI=1S/C34H47Cl2N7O3/c1-5-28(44)41-20-33(21-41)16-24(17-33)43-22(2)29(30-25(19-37)27(38)15-26(35)31(30)36)32(39-43)42-10-7-23(18-34(42)8-6-9-34)40(11-13-45-3)12-14-46-4/h5,15,19,23-24,37H,1,6-14,16-18,20-21,38H2,2-4H3. The van der Waals surface area contributed by atoms with Crippen LogP contribution in [0.25, 0.3) is 11.1 Å². The van der Waals surface area contributed by atoms with Gasteiger partial charge < -0.3 is 30.4 Å². The summed E-state index contributed by atoms with van der Waals surface area (Å²) < 4.78 is 13.1. The van der Waals surface area contributed by atoms with Gasteiger partial charge in [0.05, 0.1) is 29.3 Å². The minimum atomic E-state index is -0.0243. The van der Waals surface area contributed by atoms with Crippen LogP contribution in [-0.4, -0.2) is 103 Å². The summed E-state index contributed by atoms with van der Waals surface area (Å²) in [5.41, 5.74) is 10.1. The van der Waals surface area contributed by atoms with Gasteiger partial charge in [0.15, 0.2) is 5.82 Å². The molecule has 6 rings (SSSR count). The molecule has 12 heteroatoms. The Balaban J connectivity index is 1.38. The molecule has 2 spiro atoms. The number of hydrogen-bond donors (Lipinski definition) is 2. The number of halogens is 2. The van der Waals surface area contributed by atoms with E-state index in [2.05, 4.69) is 28.0 Å². The summed E-state index contributed by atoms with van der Waals surface area (Å²) in [4.78, 5) is 19.1. The smallest absolute Gasteiger partial charge is 0.245 e. The number of likely N-dealkylation sites (tertiary alicyclic amines) is 1. The second-order valence-electron chi connectivity index (χ2n) is 13.8. The minimum absolute atomic E-state index is 0.00141. The van der Waals surface area contributed by atoms with Crippen LogP contribution in [0, 0.1) is 17.7 Å². The molecule has 3 N–H and O–H groups in total. The Labute approximate surface area is 282 Å². The van der Waals surface area contributed by atoms with Crippen LogP contribution in [0.5, 0.6) is 0 Å². The van der Waals surface area contributed by atoms with Gasteiger partial charge in [0.2, 0.25) is 5.91 Å². The first-order chi connectivity index (χ1) is 22.1. The third kappa shape index (κ3) is 5.64. The third-order valence-corrected chi connectivity index (χ3v) is 11.9. The summed E-state index contributed by atoms with van der Waals surface area (Å²) in [5, 5.41) is 14.5. The van der Waals surface area contributed by atoms with Crippen molar-refractivity contribution in [1.82, 2.24) is 19.6 Å². The molecule has 2 aromatic rings. The topological polar surface area (TPSA) is 113 Å². The monoisotopic (exact) mass is 671 g/mol. The maximum absolute atomic E-state index is 12.1. The van der Waals surface area contributed by atoms with Gasteiger partial charge in [-0.05, 0) is 64.0 Å². The lowest BCUT2D eigenvalue weighted by atomic mass is 9.60. The number of piperidine rings is 1. The van der Waals surface area contributed by atoms with Gasteiger partial charge in [-0.2, -0.15) is 5.10 Å². The van der Waals surface area contributed by atoms with Gasteiger partial charge in [-0.1, -0.05) is 29.8 Å². The highest BCUT2D eigenvalue weighted by Crippen LogP contribution is 2.57. The molecule has 46 heavy (non-hydrogen) atoms. The van der Waals surface area contributed by atoms with Crippen LogP contribution < -0.4 is 10.6 Å². The summed E-state index contributed by atoms with van der Waals surface area (Å²) >= 11 is 13.6. The maximum atomic E-state index is 12.1. The van der Waals surface area contributed by atoms with Gasteiger partial charge in [0, 0.05) is 98.2 Å². The molecule has 2 aliphatic carbocycles. The number of ether oxygens (including phenoxy) is 2. The van der Waals surface area contributed by atoms with Crippen LogP contribution in [0.3, 0.4) is 0 Å². The molecule has 10 nitrogen and oxygen atoms in total. The first-order valence-electron chi connectivity index (χ1n) is 16.4. The Hall–Kier alpha value is -2.63. The quantitative estimate of drug-likeness (QED) is 0.172. The first kappa shape index (κ1) is 33.3. The summed E-state index contributed by atoms with van der Waals surface area (Å²) in [6, 6.07) is 2.26. The number of benzene rings is 1. The number of nitrogens with zero attached hydrogens (tertiary/aromatic N) is 5. The second-order valence-corrected chi connectivity index (χ2v) is 14.6. The van der Waals surface area contributed by atoms with E-state index in [1.165, 1.54) is 18.7 Å². The maximum Gasteiger partial charge on any atom is 0.245 e. The largest absolute Gasteiger partial charge is 0.398 e. The van der Waals surface area contributed by atoms with Gasteiger partial charge in [-0.25, -0.2) is 0 Å². The number of amides is 1. The van der Waals surface area contributed by atoms with E-state index in [1.807, 2.05) is 4.90 Å². The van der Waals surface area contributed by atoms with Crippen molar-refractivity contribution in [3.05, 3.63) is 40.0 Å². The van der Waals surface area contributed by atoms with Gasteiger partial charge in [-0.3, -0.25) is 14.4 Å². The van der Waals surface area contributed by atoms with E-state index in [-0.39, 0.29) is 22.9 Å². The molecule has 2 aliphatic heterocycles. The van der Waals surface area contributed by atoms with Crippen molar-refractivity contribution < 1.29 is 14.3 Å². The second kappa shape index (κ2) is 13.1. The van der Waals surface area contributed by atoms with E-state index in [0.29, 0.717) is 46.1 Å². The zero-order chi connectivity index (χ0) is 32.8. The highest BCUT2D eigenvalue weighted by molar-refractivity contribution is 6.44. The average molecular weight is 673 g/mol. The molecular weight excluding hydrogens is 625 g/mol. The highest BCUT2D eigenvalue weighted by atomic mass is 35.5. The lowest BCUT2D eigenvalue weighted by Crippen LogP contribution is -2.63. The van der Waals surface area contributed by atoms with E-state index in [0.717, 1.165) is 88.3 Å². The van der Waals surface area contributed by atoms with E-state index in [1.54, 1.807) is 20.3 Å². The molecule has 250 valence electrons. The number of carbonyl (C=O) groups is 1. The SMILES string of the molecule is C=CC(=O)N1CC2(CC(n3nc(N4CCC(N(CCOC)CCOC)CC45CCC5)c(-c4c(Cl)c(Cl)cc(N)c4C=N)c3C)C2)C1. The number of anilines is 2. The van der Waals surface area contributed by atoms with E-state index in [9.17, 15) is 4.79 Å². The number of carbonyl (C=O) groups excluding carboxylic acids is 1. The number of rotatable bonds is 12. The molecule has 1 aromatic carbocycles. The first-order valence-corrected chi connectivity index (χ1v) is 17.1. The van der Waals surface area contributed by atoms with E-state index in [4.69, 9.17) is 48.9 Å². The van der Waals surface area contributed by atoms with Crippen LogP contribution in [0.1, 0.15) is 62.2 Å². The fourth-order valence-corrected chi connectivity index (χ4v) is 9.04. The lowest BCUT2D eigenvalue weighted by Gasteiger charge is -2.59. The average Bonchev–Trinajstić information content (AvgIpc) is 3.31. The Kier molecular flexibility index (Phi) is 9.48. The molecule has 1 amide bonds. The molecule has 2 saturated carbocycles. The van der Waals surface area contributed by atoms with Crippen molar-refractivity contribution in [3.63, 3.8) is 0 Å². The zero-order valence-electron chi connectivity index (χ0n) is 27.3. The van der Waals surface area contributed by atoms with Crippen LogP contribution in [0.15, 0.2) is 18.7 Å². The van der Waals surface area contributed by atoms with Gasteiger partial charge in [0.25, 0.3) is 0 Å². The van der Waals surface area contributed by atoms with Crippen molar-refractivity contribution >= 4 is 46.8 Å². The van der Waals surface area contributed by atoms with Crippen molar-refractivity contribution in [2.45, 2.75) is 69.5 Å². The predicted octanol–water partition coefficient (Wildman–Crippen LogP) is 5.58. The van der Waals surface area contributed by atoms with Gasteiger partial charge in [0.1, 0.15) is 0 Å². The van der Waals surface area contributed by atoms with Crippen molar-refractivity contribution in [1.29, 1.82) is 5.41 Å². The summed E-state index contributed by atoms with van der Waals surface area (Å²) in [6.07, 6.45) is 9.99. The number of aromatic nitrogens is 2. The molecule has 0 bridgehead atoms. The van der Waals surface area contributed by atoms with E-state index < -0.39 is 0 Å². The number of nitrogen functional groups attached to an aromatic ring is 1. The van der Waals surface area contributed by atoms with Gasteiger partial charge >= 0.3 is 0 Å². The fourth-order valence-electron chi connectivity index (χ4n) is 8.58. The molecule has 4 fully saturated rings. The Bertz CT molecular complexity index is 1480. The molecule has 2 saturated heterocycles. The molecule has 3 heterocycles. The number of nitrogens with two attached hydrogens (primary N) is 1. The van der Waals surface area contributed by atoms with Crippen LogP contribution in [-0.2, 0) is 14.3 Å². The molecule has 4 aliphatic rings. The molecule has 1 aromatic heterocycles. The van der Waals surface area contributed by atoms with Crippen LogP contribution >= 0.6 is 23.2 Å². The summed E-state index contributed by atoms with van der Waals surface area (Å²) in [5.74, 6) is 0.902. The number of methoxy groups -OCH3 is 2. The Morgan fingerprint density at radius 1 is 1.17 bits per heavy atom. The third-order valence-electron chi connectivity index (χ3n) is 11.1. The van der Waals surface area contributed by atoms with Crippen molar-refractivity contribution in [2.24, 2.45) is 5.41 Å². The highest BCUT2D eigenvalue weighted by Gasteiger charge is 2.55. The van der Waals surface area contributed by atoms with Crippen molar-refractivity contribution in [3.8, 4) is 11.1 Å². The fraction of sp³-hybridized carbons (Fsp3) is 0.618. The predicted molar refractivity (Wildman–Crippen MR) is 184 cm³/mol. The van der Waals surface area contributed by atoms with Crippen LogP contribution in [0.2, 0.25) is 10.0 Å². The van der Waals surface area contributed by atoms with Crippen molar-refractivity contribution in [2.75, 3.05) is 70.8 Å². The van der Waals surface area contributed by atoms with Crippen LogP contribution in [0.4, 0.5) is 11.5 Å². The summed E-state index contributed by atoms with van der Waals surface area (Å²) in [6.45, 7) is 11.3. The minimum Gasteiger partial charge on any atom is -0.398 e. The number of hydrogen-bond acceptors (Lipinski definition) is 8. The van der Waals surface area contributed by atoms with E-state index >= 15 is 0 Å². The van der Waals surface area contributed by atoms with Gasteiger partial charge in [-0.15, -0.1) is 0 Å². The molecular formula is C34H47Cl2N7O3. The molecule has 1 atom stereocenters. The number of nitrogens with one attached hydrogen (secondary N) is 1.